The van der Waals surface area contributed by atoms with Gasteiger partial charge in [-0.25, -0.2) is 9.67 Å². The molecule has 4 aromatic rings. The number of carbonyl (C=O) groups excluding carboxylic acids is 3. The Labute approximate surface area is 276 Å². The molecule has 250 valence electrons. The first kappa shape index (κ1) is 34.9. The molecule has 0 bridgehead atoms. The highest BCUT2D eigenvalue weighted by atomic mass is 32.1. The van der Waals surface area contributed by atoms with E-state index in [1.807, 2.05) is 65.0 Å². The molecule has 0 saturated carbocycles. The second-order valence-electron chi connectivity index (χ2n) is 11.5. The fourth-order valence-electron chi connectivity index (χ4n) is 5.37. The van der Waals surface area contributed by atoms with Gasteiger partial charge in [0.2, 0.25) is 11.8 Å². The van der Waals surface area contributed by atoms with Gasteiger partial charge >= 0.3 is 0 Å². The number of thiophene rings is 1. The average molecular weight is 665 g/mol. The summed E-state index contributed by atoms with van der Waals surface area (Å²) < 4.78 is 3.29. The number of hydrogen-bond acceptors (Lipinski definition) is 10. The zero-order chi connectivity index (χ0) is 34.1. The minimum absolute atomic E-state index is 0.0182. The first-order chi connectivity index (χ1) is 22.5. The number of amides is 3. The van der Waals surface area contributed by atoms with E-state index in [9.17, 15) is 14.4 Å². The molecule has 0 unspecified atom stereocenters. The van der Waals surface area contributed by atoms with Crippen molar-refractivity contribution in [2.24, 2.45) is 5.92 Å². The van der Waals surface area contributed by atoms with Gasteiger partial charge in [0.15, 0.2) is 0 Å². The van der Waals surface area contributed by atoms with Gasteiger partial charge in [0.05, 0.1) is 18.2 Å². The Kier molecular flexibility index (Phi) is 11.9. The second-order valence-corrected chi connectivity index (χ2v) is 12.7. The average Bonchev–Trinajstić information content (AvgIpc) is 3.77. The molecule has 1 aliphatic rings. The Bertz CT molecular complexity index is 1670. The van der Waals surface area contributed by atoms with Crippen LogP contribution >= 0.6 is 11.3 Å². The van der Waals surface area contributed by atoms with E-state index < -0.39 is 12.1 Å². The van der Waals surface area contributed by atoms with Crippen molar-refractivity contribution < 1.29 is 24.3 Å². The topological polar surface area (TPSA) is 190 Å². The maximum atomic E-state index is 14.2. The maximum absolute atomic E-state index is 14.2. The van der Waals surface area contributed by atoms with E-state index in [2.05, 4.69) is 31.3 Å². The van der Waals surface area contributed by atoms with Gasteiger partial charge in [-0.15, -0.1) is 16.4 Å². The summed E-state index contributed by atoms with van der Waals surface area (Å²) in [6.45, 7) is 10.5. The number of carbonyl (C=O) groups is 4. The van der Waals surface area contributed by atoms with Gasteiger partial charge in [0, 0.05) is 30.8 Å². The number of hydrogen-bond donors (Lipinski definition) is 3. The minimum atomic E-state index is -0.778. The Morgan fingerprint density at radius 3 is 2.49 bits per heavy atom. The fourth-order valence-corrected chi connectivity index (χ4v) is 6.44. The van der Waals surface area contributed by atoms with Crippen molar-refractivity contribution in [1.82, 2.24) is 50.5 Å². The van der Waals surface area contributed by atoms with E-state index in [1.54, 1.807) is 9.58 Å². The molecular formula is C31H40N10O5S. The van der Waals surface area contributed by atoms with Crippen molar-refractivity contribution in [2.45, 2.75) is 72.5 Å². The Balaban J connectivity index is 0.00000160. The van der Waals surface area contributed by atoms with Crippen LogP contribution in [0.2, 0.25) is 0 Å². The third kappa shape index (κ3) is 8.64. The van der Waals surface area contributed by atoms with Gasteiger partial charge in [-0.05, 0) is 54.7 Å². The smallest absolute Gasteiger partial charge is 0.290 e. The van der Waals surface area contributed by atoms with E-state index in [0.717, 1.165) is 16.0 Å². The Morgan fingerprint density at radius 2 is 1.83 bits per heavy atom. The van der Waals surface area contributed by atoms with E-state index in [-0.39, 0.29) is 36.5 Å². The highest BCUT2D eigenvalue weighted by Gasteiger charge is 2.31. The van der Waals surface area contributed by atoms with Crippen LogP contribution in [0.15, 0.2) is 36.7 Å². The normalized spacial score (nSPS) is 17.5. The quantitative estimate of drug-likeness (QED) is 0.267. The Morgan fingerprint density at radius 1 is 1.11 bits per heavy atom. The van der Waals surface area contributed by atoms with E-state index in [0.29, 0.717) is 54.7 Å². The number of carboxylic acid groups (broad SMARTS) is 1. The van der Waals surface area contributed by atoms with Crippen LogP contribution in [0.4, 0.5) is 0 Å². The molecule has 3 N–H and O–H groups in total. The third-order valence-corrected chi connectivity index (χ3v) is 9.02. The molecule has 0 fully saturated rings. The molecule has 3 aromatic heterocycles. The minimum Gasteiger partial charge on any atom is -0.483 e. The predicted molar refractivity (Wildman–Crippen MR) is 173 cm³/mol. The number of aromatic nitrogens is 7. The number of aryl methyl sites for hydroxylation is 2. The third-order valence-electron chi connectivity index (χ3n) is 7.82. The van der Waals surface area contributed by atoms with Crippen molar-refractivity contribution in [3.05, 3.63) is 69.9 Å². The van der Waals surface area contributed by atoms with Crippen LogP contribution in [0.3, 0.4) is 0 Å². The lowest BCUT2D eigenvalue weighted by molar-refractivity contribution is -0.129. The van der Waals surface area contributed by atoms with Crippen LogP contribution in [-0.4, -0.2) is 88.3 Å². The lowest BCUT2D eigenvalue weighted by atomic mass is 10.0. The van der Waals surface area contributed by atoms with Crippen LogP contribution in [0, 0.1) is 26.7 Å². The van der Waals surface area contributed by atoms with Gasteiger partial charge in [-0.2, -0.15) is 9.78 Å². The molecule has 3 amide bonds. The molecule has 0 radical (unpaired) electrons. The van der Waals surface area contributed by atoms with Crippen LogP contribution in [0.5, 0.6) is 0 Å². The molecule has 15 nitrogen and oxygen atoms in total. The van der Waals surface area contributed by atoms with E-state index in [1.165, 1.54) is 22.3 Å². The van der Waals surface area contributed by atoms with Crippen molar-refractivity contribution in [3.8, 4) is 5.00 Å². The van der Waals surface area contributed by atoms with Crippen molar-refractivity contribution in [2.75, 3.05) is 13.1 Å². The standard InChI is InChI=1S/C30H38N10O3S.CH2O2/c1-18(2)26-27-32-21(5)35-39(27)15-14-38(29(43)25-19(3)20(4)44-30(25)40-17-31-36-37-40)13-9-12-24(41)33-23(28(42)34-26)16-22-10-7-6-8-11-22;2-1-3/h6-8,10-11,17-18,23,26H,9,12-16H2,1-5H3,(H,33,41)(H,34,42);1H,(H,2,3)/t23-,26+;/m0./s1. The molecule has 1 aromatic carbocycles. The number of tetrazole rings is 1. The highest BCUT2D eigenvalue weighted by Crippen LogP contribution is 2.31. The zero-order valence-electron chi connectivity index (χ0n) is 27.1. The van der Waals surface area contributed by atoms with Gasteiger partial charge in [0.25, 0.3) is 12.4 Å². The molecular weight excluding hydrogens is 624 g/mol. The fraction of sp³-hybridized carbons (Fsp3) is 0.452. The Hall–Kier alpha value is -4.99. The summed E-state index contributed by atoms with van der Waals surface area (Å²) in [5, 5.41) is 29.8. The monoisotopic (exact) mass is 664 g/mol. The molecule has 1 aliphatic heterocycles. The summed E-state index contributed by atoms with van der Waals surface area (Å²) in [5.74, 6) is 0.468. The second kappa shape index (κ2) is 16.0. The summed E-state index contributed by atoms with van der Waals surface area (Å²) >= 11 is 1.46. The molecule has 0 aliphatic carbocycles. The number of benzene rings is 1. The molecule has 2 atom stereocenters. The van der Waals surface area contributed by atoms with Crippen molar-refractivity contribution in [1.29, 1.82) is 0 Å². The van der Waals surface area contributed by atoms with Gasteiger partial charge in [0.1, 0.15) is 29.0 Å². The molecule has 47 heavy (non-hydrogen) atoms. The van der Waals surface area contributed by atoms with Gasteiger partial charge < -0.3 is 20.6 Å². The van der Waals surface area contributed by atoms with Crippen LogP contribution in [0.1, 0.15) is 70.7 Å². The SMILES string of the molecule is Cc1nc2n(n1)CCN(C(=O)c1c(-n3cnnn3)sc(C)c1C)CCCC(=O)N[C@@H](Cc1ccccc1)C(=O)N[C@@H]2C(C)C.O=CO. The van der Waals surface area contributed by atoms with Gasteiger partial charge in [-0.3, -0.25) is 19.2 Å². The van der Waals surface area contributed by atoms with Crippen molar-refractivity contribution in [3.63, 3.8) is 0 Å². The lowest BCUT2D eigenvalue weighted by Crippen LogP contribution is -2.50. The van der Waals surface area contributed by atoms with Crippen molar-refractivity contribution >= 4 is 35.5 Å². The molecule has 16 heteroatoms. The summed E-state index contributed by atoms with van der Waals surface area (Å²) in [7, 11) is 0. The number of nitrogens with one attached hydrogen (secondary N) is 2. The van der Waals surface area contributed by atoms with Crippen LogP contribution < -0.4 is 10.6 Å². The van der Waals surface area contributed by atoms with Crippen LogP contribution in [-0.2, 0) is 27.3 Å². The molecule has 0 saturated heterocycles. The summed E-state index contributed by atoms with van der Waals surface area (Å²) in [5.41, 5.74) is 2.34. The molecule has 4 heterocycles. The van der Waals surface area contributed by atoms with Crippen LogP contribution in [0.25, 0.3) is 5.00 Å². The molecule has 0 spiro atoms. The van der Waals surface area contributed by atoms with E-state index >= 15 is 0 Å². The first-order valence-corrected chi connectivity index (χ1v) is 16.1. The highest BCUT2D eigenvalue weighted by molar-refractivity contribution is 7.15. The summed E-state index contributed by atoms with van der Waals surface area (Å²) in [4.78, 5) is 56.9. The predicted octanol–water partition coefficient (Wildman–Crippen LogP) is 2.42. The zero-order valence-corrected chi connectivity index (χ0v) is 27.9. The number of rotatable bonds is 5. The first-order valence-electron chi connectivity index (χ1n) is 15.3. The van der Waals surface area contributed by atoms with E-state index in [4.69, 9.17) is 14.9 Å². The maximum Gasteiger partial charge on any atom is 0.290 e. The lowest BCUT2D eigenvalue weighted by Gasteiger charge is -2.28. The summed E-state index contributed by atoms with van der Waals surface area (Å²) in [6.07, 6.45) is 2.39. The number of nitrogens with zero attached hydrogens (tertiary/aromatic N) is 8. The molecule has 5 rings (SSSR count). The largest absolute Gasteiger partial charge is 0.483 e. The van der Waals surface area contributed by atoms with Gasteiger partial charge in [-0.1, -0.05) is 44.2 Å². The summed E-state index contributed by atoms with van der Waals surface area (Å²) in [6, 6.07) is 8.37. The number of fused-ring (bicyclic) bond motifs is 1.